The Kier molecular flexibility index (Phi) is 8.69. The molecule has 0 aliphatic rings. The van der Waals surface area contributed by atoms with Gasteiger partial charge in [-0.2, -0.15) is 71.1 Å². The van der Waals surface area contributed by atoms with Crippen molar-refractivity contribution in [2.75, 3.05) is 0 Å². The van der Waals surface area contributed by atoms with Gasteiger partial charge < -0.3 is 0 Å². The molecule has 0 radical (unpaired) electrons. The first-order valence-electron chi connectivity index (χ1n) is 11.8. The fourth-order valence-corrected chi connectivity index (χ4v) is 4.46. The maximum absolute atomic E-state index is 13.9. The summed E-state index contributed by atoms with van der Waals surface area (Å²) in [5.74, 6) is 0. The second-order valence-electron chi connectivity index (χ2n) is 9.02. The maximum atomic E-state index is 13.9. The highest BCUT2D eigenvalue weighted by Crippen LogP contribution is 2.42. The standard InChI is InChI=1S/C30H9F9N6/c1-14-2-15(3-25(23(14)12-44)28(31,32)33)19-6-22(18(10-42)11-43)20(7-21(19)17(8-40)9-41)16-4-26(29(34,35)36)24(13-45)27(5-16)30(37,38)39/h2-7H,1H3. The second kappa shape index (κ2) is 11.8. The molecule has 0 spiro atoms. The summed E-state index contributed by atoms with van der Waals surface area (Å²) in [6.45, 7) is 1.13. The number of hydrogen-bond acceptors (Lipinski definition) is 6. The average Bonchev–Trinajstić information content (AvgIpc) is 2.96. The summed E-state index contributed by atoms with van der Waals surface area (Å²) in [7, 11) is 0. The maximum Gasteiger partial charge on any atom is 0.417 e. The van der Waals surface area contributed by atoms with Crippen LogP contribution in [0.1, 0.15) is 33.4 Å². The van der Waals surface area contributed by atoms with Crippen molar-refractivity contribution in [2.24, 2.45) is 0 Å². The van der Waals surface area contributed by atoms with Gasteiger partial charge in [-0.1, -0.05) is 6.07 Å². The molecule has 0 N–H and O–H groups in total. The minimum Gasteiger partial charge on any atom is -0.192 e. The first-order valence-corrected chi connectivity index (χ1v) is 11.8. The summed E-state index contributed by atoms with van der Waals surface area (Å²) in [6.07, 6.45) is -16.1. The fourth-order valence-electron chi connectivity index (χ4n) is 4.46. The zero-order valence-electron chi connectivity index (χ0n) is 22.0. The lowest BCUT2D eigenvalue weighted by molar-refractivity contribution is -0.143. The highest BCUT2D eigenvalue weighted by molar-refractivity contribution is 5.86. The van der Waals surface area contributed by atoms with Crippen LogP contribution in [0.4, 0.5) is 39.5 Å². The number of halogens is 9. The molecule has 0 aromatic heterocycles. The van der Waals surface area contributed by atoms with Gasteiger partial charge >= 0.3 is 18.5 Å². The average molecular weight is 624 g/mol. The quantitative estimate of drug-likeness (QED) is 0.297. The first-order chi connectivity index (χ1) is 20.9. The van der Waals surface area contributed by atoms with Crippen molar-refractivity contribution in [3.05, 3.63) is 80.2 Å². The lowest BCUT2D eigenvalue weighted by Crippen LogP contribution is -2.21. The number of rotatable bonds is 2. The molecule has 0 saturated carbocycles. The van der Waals surface area contributed by atoms with Crippen molar-refractivity contribution in [3.8, 4) is 58.7 Å². The molecule has 0 saturated heterocycles. The summed E-state index contributed by atoms with van der Waals surface area (Å²) in [6, 6.07) is 11.2. The molecule has 0 aliphatic carbocycles. The number of nitrogens with zero attached hydrogens (tertiary/aromatic N) is 6. The van der Waals surface area contributed by atoms with Crippen LogP contribution in [-0.2, 0) is 18.5 Å². The van der Waals surface area contributed by atoms with E-state index in [4.69, 9.17) is 0 Å². The van der Waals surface area contributed by atoms with E-state index < -0.39 is 90.2 Å². The number of alkyl halides is 9. The predicted molar refractivity (Wildman–Crippen MR) is 135 cm³/mol. The fraction of sp³-hybridized carbons (Fsp3) is 0.133. The minimum absolute atomic E-state index is 0.133. The van der Waals surface area contributed by atoms with E-state index in [1.807, 2.05) is 0 Å². The van der Waals surface area contributed by atoms with Gasteiger partial charge in [0.25, 0.3) is 0 Å². The van der Waals surface area contributed by atoms with Crippen molar-refractivity contribution >= 4 is 11.1 Å². The lowest BCUT2D eigenvalue weighted by Gasteiger charge is -2.18. The molecule has 6 nitrogen and oxygen atoms in total. The van der Waals surface area contributed by atoms with Gasteiger partial charge in [-0.15, -0.1) is 0 Å². The van der Waals surface area contributed by atoms with E-state index in [1.165, 1.54) is 30.3 Å². The van der Waals surface area contributed by atoms with Gasteiger partial charge in [0, 0.05) is 10.4 Å². The van der Waals surface area contributed by atoms with Crippen LogP contribution in [0.15, 0.2) is 36.4 Å². The van der Waals surface area contributed by atoms with E-state index in [1.54, 1.807) is 0 Å². The lowest BCUT2D eigenvalue weighted by atomic mass is 9.88. The van der Waals surface area contributed by atoms with Crippen molar-refractivity contribution in [3.63, 3.8) is 0 Å². The zero-order valence-corrected chi connectivity index (χ0v) is 22.0. The number of benzene rings is 3. The monoisotopic (exact) mass is 624 g/mol. The van der Waals surface area contributed by atoms with Gasteiger partial charge in [0.15, 0.2) is 0 Å². The molecule has 0 bridgehead atoms. The second-order valence-corrected chi connectivity index (χ2v) is 9.02. The largest absolute Gasteiger partial charge is 0.417 e. The van der Waals surface area contributed by atoms with E-state index in [9.17, 15) is 71.1 Å². The molecule has 15 heteroatoms. The summed E-state index contributed by atoms with van der Waals surface area (Å²) < 4.78 is 125. The normalized spacial score (nSPS) is 11.2. The van der Waals surface area contributed by atoms with Gasteiger partial charge in [0.2, 0.25) is 0 Å². The molecule has 0 heterocycles. The van der Waals surface area contributed by atoms with Crippen LogP contribution in [0.2, 0.25) is 0 Å². The van der Waals surface area contributed by atoms with Gasteiger partial charge in [-0.3, -0.25) is 0 Å². The van der Waals surface area contributed by atoms with Gasteiger partial charge in [0.05, 0.1) is 27.8 Å². The van der Waals surface area contributed by atoms with E-state index in [0.29, 0.717) is 12.1 Å². The van der Waals surface area contributed by atoms with Crippen LogP contribution >= 0.6 is 0 Å². The third kappa shape index (κ3) is 6.25. The molecule has 3 rings (SSSR count). The molecular formula is C30H9F9N6. The Morgan fingerprint density at radius 1 is 0.489 bits per heavy atom. The van der Waals surface area contributed by atoms with E-state index in [0.717, 1.165) is 25.1 Å². The molecular weight excluding hydrogens is 615 g/mol. The SMILES string of the molecule is Cc1cc(-c2cc(=C(C#N)C#N)c(-c3cc(C(F)(F)F)c(C#N)c(C(F)(F)F)c3)cc2=C(C#N)C#N)cc(C(F)(F)F)c1C#N. The van der Waals surface area contributed by atoms with Crippen LogP contribution in [0, 0.1) is 74.9 Å². The number of aryl methyl sites for hydroxylation is 1. The van der Waals surface area contributed by atoms with Gasteiger partial charge in [-0.05, 0) is 65.1 Å². The van der Waals surface area contributed by atoms with Crippen molar-refractivity contribution < 1.29 is 39.5 Å². The summed E-state index contributed by atoms with van der Waals surface area (Å²) >= 11 is 0. The highest BCUT2D eigenvalue weighted by atomic mass is 19.4. The highest BCUT2D eigenvalue weighted by Gasteiger charge is 2.42. The van der Waals surface area contributed by atoms with Crippen molar-refractivity contribution in [1.29, 1.82) is 31.6 Å². The van der Waals surface area contributed by atoms with Crippen molar-refractivity contribution in [2.45, 2.75) is 25.5 Å². The van der Waals surface area contributed by atoms with E-state index >= 15 is 0 Å². The first kappa shape index (κ1) is 33.2. The Morgan fingerprint density at radius 3 is 1.09 bits per heavy atom. The van der Waals surface area contributed by atoms with Gasteiger partial charge in [-0.25, -0.2) is 0 Å². The number of hydrogen-bond donors (Lipinski definition) is 0. The predicted octanol–water partition coefficient (Wildman–Crippen LogP) is 6.52. The van der Waals surface area contributed by atoms with E-state index in [2.05, 4.69) is 0 Å². The Hall–Kier alpha value is -6.29. The zero-order chi connectivity index (χ0) is 34.1. The third-order valence-corrected chi connectivity index (χ3v) is 6.38. The van der Waals surface area contributed by atoms with Crippen LogP contribution in [0.3, 0.4) is 0 Å². The molecule has 3 aromatic carbocycles. The summed E-state index contributed by atoms with van der Waals surface area (Å²) in [5, 5.41) is 55.6. The molecule has 0 unspecified atom stereocenters. The minimum atomic E-state index is -5.52. The van der Waals surface area contributed by atoms with Crippen LogP contribution in [-0.4, -0.2) is 0 Å². The molecule has 45 heavy (non-hydrogen) atoms. The molecule has 3 aromatic rings. The molecule has 0 atom stereocenters. The van der Waals surface area contributed by atoms with Crippen LogP contribution in [0.25, 0.3) is 33.4 Å². The Morgan fingerprint density at radius 2 is 0.800 bits per heavy atom. The molecule has 222 valence electrons. The van der Waals surface area contributed by atoms with Crippen LogP contribution in [0.5, 0.6) is 0 Å². The molecule has 0 amide bonds. The van der Waals surface area contributed by atoms with Crippen LogP contribution < -0.4 is 10.4 Å². The smallest absolute Gasteiger partial charge is 0.192 e. The topological polar surface area (TPSA) is 143 Å². The van der Waals surface area contributed by atoms with Crippen molar-refractivity contribution in [1.82, 2.24) is 0 Å². The summed E-state index contributed by atoms with van der Waals surface area (Å²) in [5.41, 5.74) is -12.7. The Labute approximate surface area is 246 Å². The molecule has 0 aliphatic heterocycles. The van der Waals surface area contributed by atoms with E-state index in [-0.39, 0.29) is 17.7 Å². The Balaban J connectivity index is 2.76. The van der Waals surface area contributed by atoms with Gasteiger partial charge in [0.1, 0.15) is 47.6 Å². The Bertz CT molecular complexity index is 2080. The molecule has 0 fully saturated rings. The number of nitriles is 6. The summed E-state index contributed by atoms with van der Waals surface area (Å²) in [4.78, 5) is 0. The third-order valence-electron chi connectivity index (χ3n) is 6.38.